The van der Waals surface area contributed by atoms with Gasteiger partial charge in [0.15, 0.2) is 0 Å². The van der Waals surface area contributed by atoms with Crippen molar-refractivity contribution in [2.75, 3.05) is 0 Å². The van der Waals surface area contributed by atoms with Crippen LogP contribution in [0.25, 0.3) is 0 Å². The number of thiophene rings is 1. The number of hydrogen-bond acceptors (Lipinski definition) is 4. The maximum atomic E-state index is 11.8. The van der Waals surface area contributed by atoms with E-state index in [1.807, 2.05) is 0 Å². The third-order valence-corrected chi connectivity index (χ3v) is 3.65. The highest BCUT2D eigenvalue weighted by Gasteiger charge is 2.08. The molecular weight excluding hydrogens is 300 g/mol. The number of carbonyl (C=O) groups excluding carboxylic acids is 1. The smallest absolute Gasteiger partial charge is 0.345 e. The molecule has 1 heterocycles. The molecule has 7 heteroatoms. The monoisotopic (exact) mass is 308 g/mol. The zero-order chi connectivity index (χ0) is 14.5. The fourth-order valence-corrected chi connectivity index (χ4v) is 2.34. The Morgan fingerprint density at radius 1 is 1.25 bits per heavy atom. The molecule has 1 aromatic carbocycles. The van der Waals surface area contributed by atoms with Crippen molar-refractivity contribution < 1.29 is 14.7 Å². The van der Waals surface area contributed by atoms with Crippen LogP contribution in [0.15, 0.2) is 41.5 Å². The van der Waals surface area contributed by atoms with Crippen LogP contribution in [-0.2, 0) is 0 Å². The van der Waals surface area contributed by atoms with Crippen LogP contribution < -0.4 is 5.43 Å². The molecule has 0 aliphatic carbocycles. The van der Waals surface area contributed by atoms with Crippen molar-refractivity contribution in [3.05, 3.63) is 56.7 Å². The van der Waals surface area contributed by atoms with Crippen LogP contribution in [0.2, 0.25) is 5.02 Å². The number of nitrogens with zero attached hydrogens (tertiary/aromatic N) is 1. The lowest BCUT2D eigenvalue weighted by atomic mass is 10.2. The molecule has 0 saturated carbocycles. The number of aromatic carboxylic acids is 1. The number of carboxylic acids is 1. The molecule has 0 bridgehead atoms. The fraction of sp³-hybridized carbons (Fsp3) is 0. The highest BCUT2D eigenvalue weighted by atomic mass is 35.5. The van der Waals surface area contributed by atoms with Crippen LogP contribution in [-0.4, -0.2) is 23.2 Å². The molecule has 0 aliphatic rings. The molecule has 0 aliphatic heterocycles. The van der Waals surface area contributed by atoms with Crippen molar-refractivity contribution in [3.63, 3.8) is 0 Å². The van der Waals surface area contributed by atoms with Crippen LogP contribution in [0.3, 0.4) is 0 Å². The lowest BCUT2D eigenvalue weighted by molar-refractivity contribution is 0.0702. The zero-order valence-corrected chi connectivity index (χ0v) is 11.6. The van der Waals surface area contributed by atoms with Crippen molar-refractivity contribution in [3.8, 4) is 0 Å². The topological polar surface area (TPSA) is 78.8 Å². The summed E-state index contributed by atoms with van der Waals surface area (Å²) in [4.78, 5) is 23.3. The number of benzene rings is 1. The van der Waals surface area contributed by atoms with E-state index < -0.39 is 11.9 Å². The number of halogens is 1. The Kier molecular flexibility index (Phi) is 4.49. The summed E-state index contributed by atoms with van der Waals surface area (Å²) in [6, 6.07) is 9.70. The Morgan fingerprint density at radius 3 is 2.65 bits per heavy atom. The predicted molar refractivity (Wildman–Crippen MR) is 77.8 cm³/mol. The van der Waals surface area contributed by atoms with Gasteiger partial charge in [-0.2, -0.15) is 5.10 Å². The number of rotatable bonds is 4. The van der Waals surface area contributed by atoms with Crippen LogP contribution in [0.5, 0.6) is 0 Å². The third-order valence-electron chi connectivity index (χ3n) is 2.31. The van der Waals surface area contributed by atoms with E-state index in [9.17, 15) is 9.59 Å². The van der Waals surface area contributed by atoms with Crippen LogP contribution >= 0.6 is 22.9 Å². The first-order valence-corrected chi connectivity index (χ1v) is 6.68. The summed E-state index contributed by atoms with van der Waals surface area (Å²) in [5.74, 6) is -1.42. The summed E-state index contributed by atoms with van der Waals surface area (Å²) in [5, 5.41) is 12.9. The van der Waals surface area contributed by atoms with E-state index in [0.29, 0.717) is 15.5 Å². The van der Waals surface area contributed by atoms with Crippen LogP contribution in [0, 0.1) is 0 Å². The SMILES string of the molecule is O=C(O)c1ccc(/C=N/NC(=O)c2ccccc2Cl)s1. The normalized spacial score (nSPS) is 10.7. The number of carboxylic acid groups (broad SMARTS) is 1. The largest absolute Gasteiger partial charge is 0.477 e. The molecule has 2 rings (SSSR count). The van der Waals surface area contributed by atoms with Crippen molar-refractivity contribution >= 4 is 41.0 Å². The van der Waals surface area contributed by atoms with Crippen molar-refractivity contribution in [1.29, 1.82) is 0 Å². The van der Waals surface area contributed by atoms with Crippen LogP contribution in [0.1, 0.15) is 24.9 Å². The third kappa shape index (κ3) is 3.43. The standard InChI is InChI=1S/C13H9ClN2O3S/c14-10-4-2-1-3-9(10)12(17)16-15-7-8-5-6-11(20-8)13(18)19/h1-7H,(H,16,17)(H,18,19)/b15-7+. The van der Waals surface area contributed by atoms with Gasteiger partial charge in [0.25, 0.3) is 5.91 Å². The van der Waals surface area contributed by atoms with Crippen molar-refractivity contribution in [2.24, 2.45) is 5.10 Å². The van der Waals surface area contributed by atoms with Gasteiger partial charge in [0.1, 0.15) is 4.88 Å². The van der Waals surface area contributed by atoms with Crippen molar-refractivity contribution in [1.82, 2.24) is 5.43 Å². The van der Waals surface area contributed by atoms with Gasteiger partial charge in [-0.1, -0.05) is 23.7 Å². The number of hydrogen-bond donors (Lipinski definition) is 2. The molecule has 0 radical (unpaired) electrons. The first kappa shape index (κ1) is 14.2. The number of carbonyl (C=O) groups is 2. The first-order valence-electron chi connectivity index (χ1n) is 5.49. The first-order chi connectivity index (χ1) is 9.58. The molecule has 0 spiro atoms. The van der Waals surface area contributed by atoms with E-state index in [-0.39, 0.29) is 4.88 Å². The van der Waals surface area contributed by atoms with Gasteiger partial charge in [-0.25, -0.2) is 10.2 Å². The minimum absolute atomic E-state index is 0.212. The molecular formula is C13H9ClN2O3S. The van der Waals surface area contributed by atoms with Gasteiger partial charge in [-0.3, -0.25) is 4.79 Å². The van der Waals surface area contributed by atoms with Crippen LogP contribution in [0.4, 0.5) is 0 Å². The molecule has 0 saturated heterocycles. The average molecular weight is 309 g/mol. The van der Waals surface area contributed by atoms with Gasteiger partial charge < -0.3 is 5.11 Å². The number of hydrazone groups is 1. The van der Waals surface area contributed by atoms with E-state index in [1.54, 1.807) is 30.3 Å². The summed E-state index contributed by atoms with van der Waals surface area (Å²) in [6.07, 6.45) is 1.38. The Balaban J connectivity index is 2.01. The van der Waals surface area contributed by atoms with E-state index in [4.69, 9.17) is 16.7 Å². The van der Waals surface area contributed by atoms with Gasteiger partial charge in [0.05, 0.1) is 16.8 Å². The summed E-state index contributed by atoms with van der Waals surface area (Å²) < 4.78 is 0. The van der Waals surface area contributed by atoms with Gasteiger partial charge in [0.2, 0.25) is 0 Å². The second kappa shape index (κ2) is 6.31. The van der Waals surface area contributed by atoms with Gasteiger partial charge >= 0.3 is 5.97 Å². The minimum Gasteiger partial charge on any atom is -0.477 e. The highest BCUT2D eigenvalue weighted by molar-refractivity contribution is 7.15. The van der Waals surface area contributed by atoms with Gasteiger partial charge in [-0.05, 0) is 24.3 Å². The molecule has 0 atom stereocenters. The molecule has 2 aromatic rings. The Hall–Kier alpha value is -2.18. The maximum Gasteiger partial charge on any atom is 0.345 e. The van der Waals surface area contributed by atoms with E-state index >= 15 is 0 Å². The number of amides is 1. The van der Waals surface area contributed by atoms with Crippen molar-refractivity contribution in [2.45, 2.75) is 0 Å². The second-order valence-corrected chi connectivity index (χ2v) is 5.21. The molecule has 20 heavy (non-hydrogen) atoms. The minimum atomic E-state index is -0.991. The quantitative estimate of drug-likeness (QED) is 0.673. The average Bonchev–Trinajstić information content (AvgIpc) is 2.88. The summed E-state index contributed by atoms with van der Waals surface area (Å²) in [5.41, 5.74) is 2.65. The van der Waals surface area contributed by atoms with E-state index in [0.717, 1.165) is 11.3 Å². The summed E-state index contributed by atoms with van der Waals surface area (Å²) in [6.45, 7) is 0. The molecule has 102 valence electrons. The maximum absolute atomic E-state index is 11.8. The summed E-state index contributed by atoms with van der Waals surface area (Å²) in [7, 11) is 0. The van der Waals surface area contributed by atoms with Gasteiger partial charge in [0, 0.05) is 4.88 Å². The molecule has 5 nitrogen and oxygen atoms in total. The predicted octanol–water partition coefficient (Wildman–Crippen LogP) is 2.86. The lowest BCUT2D eigenvalue weighted by Crippen LogP contribution is -2.17. The van der Waals surface area contributed by atoms with E-state index in [2.05, 4.69) is 10.5 Å². The zero-order valence-electron chi connectivity index (χ0n) is 10.0. The lowest BCUT2D eigenvalue weighted by Gasteiger charge is -2.01. The Morgan fingerprint density at radius 2 is 2.00 bits per heavy atom. The highest BCUT2D eigenvalue weighted by Crippen LogP contribution is 2.15. The van der Waals surface area contributed by atoms with E-state index in [1.165, 1.54) is 12.3 Å². The molecule has 1 aromatic heterocycles. The number of nitrogens with one attached hydrogen (secondary N) is 1. The summed E-state index contributed by atoms with van der Waals surface area (Å²) >= 11 is 6.94. The molecule has 0 unspecified atom stereocenters. The Labute approximate surface area is 123 Å². The second-order valence-electron chi connectivity index (χ2n) is 3.69. The molecule has 1 amide bonds. The molecule has 0 fully saturated rings. The fourth-order valence-electron chi connectivity index (χ4n) is 1.40. The van der Waals surface area contributed by atoms with Gasteiger partial charge in [-0.15, -0.1) is 11.3 Å². The Bertz CT molecular complexity index is 682. The molecule has 2 N–H and O–H groups in total.